The molecule has 7 heteroatoms. The number of nitrogens with zero attached hydrogens (tertiary/aromatic N) is 1. The molecule has 0 amide bonds. The van der Waals surface area contributed by atoms with Crippen LogP contribution in [0.2, 0.25) is 0 Å². The van der Waals surface area contributed by atoms with Crippen LogP contribution in [0.25, 0.3) is 0 Å². The van der Waals surface area contributed by atoms with Gasteiger partial charge in [-0.15, -0.1) is 0 Å². The van der Waals surface area contributed by atoms with Crippen molar-refractivity contribution < 1.29 is 17.5 Å². The van der Waals surface area contributed by atoms with Gasteiger partial charge in [0.25, 0.3) is 0 Å². The van der Waals surface area contributed by atoms with Crippen LogP contribution in [0.4, 0.5) is 4.39 Å². The molecule has 3 rings (SSSR count). The molecule has 1 unspecified atom stereocenters. The predicted octanol–water partition coefficient (Wildman–Crippen LogP) is 4.40. The fourth-order valence-corrected chi connectivity index (χ4v) is 6.16. The molecule has 1 aliphatic heterocycles. The number of benzene rings is 2. The zero-order chi connectivity index (χ0) is 19.4. The molecule has 1 fully saturated rings. The first-order chi connectivity index (χ1) is 12.9. The Morgan fingerprint density at radius 2 is 2.00 bits per heavy atom. The summed E-state index contributed by atoms with van der Waals surface area (Å²) in [5, 5.41) is 0.267. The molecule has 0 aliphatic carbocycles. The Kier molecular flexibility index (Phi) is 6.44. The quantitative estimate of drug-likeness (QED) is 0.734. The molecule has 1 saturated heterocycles. The minimum atomic E-state index is -3.73. The van der Waals surface area contributed by atoms with Gasteiger partial charge in [-0.1, -0.05) is 24.3 Å². The first-order valence-electron chi connectivity index (χ1n) is 9.03. The Bertz CT molecular complexity index is 902. The molecular formula is C20H24FNO3S2. The minimum absolute atomic E-state index is 0.0252. The molecule has 0 saturated carbocycles. The number of aryl methyl sites for hydroxylation is 1. The van der Waals surface area contributed by atoms with Crippen molar-refractivity contribution in [3.8, 4) is 5.75 Å². The topological polar surface area (TPSA) is 46.6 Å². The summed E-state index contributed by atoms with van der Waals surface area (Å²) in [5.74, 6) is 0.125. The average Bonchev–Trinajstić information content (AvgIpc) is 2.90. The van der Waals surface area contributed by atoms with Crippen molar-refractivity contribution in [2.24, 2.45) is 0 Å². The smallest absolute Gasteiger partial charge is 0.243 e. The number of ether oxygens (including phenoxy) is 1. The second kappa shape index (κ2) is 8.63. The van der Waals surface area contributed by atoms with E-state index in [0.717, 1.165) is 12.5 Å². The molecule has 0 radical (unpaired) electrons. The predicted molar refractivity (Wildman–Crippen MR) is 107 cm³/mol. The van der Waals surface area contributed by atoms with E-state index in [2.05, 4.69) is 19.1 Å². The van der Waals surface area contributed by atoms with Crippen molar-refractivity contribution in [1.29, 1.82) is 0 Å². The van der Waals surface area contributed by atoms with E-state index < -0.39 is 15.8 Å². The van der Waals surface area contributed by atoms with Gasteiger partial charge in [-0.25, -0.2) is 12.8 Å². The van der Waals surface area contributed by atoms with Gasteiger partial charge in [-0.05, 0) is 49.6 Å². The largest absolute Gasteiger partial charge is 0.491 e. The number of halogens is 1. The third kappa shape index (κ3) is 4.47. The molecule has 1 heterocycles. The Hall–Kier alpha value is -1.57. The number of sulfonamides is 1. The van der Waals surface area contributed by atoms with Crippen LogP contribution in [-0.2, 0) is 10.0 Å². The summed E-state index contributed by atoms with van der Waals surface area (Å²) < 4.78 is 46.7. The summed E-state index contributed by atoms with van der Waals surface area (Å²) in [5.41, 5.74) is 2.48. The molecule has 2 aromatic rings. The van der Waals surface area contributed by atoms with Crippen molar-refractivity contribution in [2.75, 3.05) is 25.4 Å². The maximum atomic E-state index is 14.1. The van der Waals surface area contributed by atoms with E-state index in [1.54, 1.807) is 18.7 Å². The van der Waals surface area contributed by atoms with E-state index >= 15 is 0 Å². The summed E-state index contributed by atoms with van der Waals surface area (Å²) in [7, 11) is -3.73. The van der Waals surface area contributed by atoms with Crippen LogP contribution >= 0.6 is 11.8 Å². The Labute approximate surface area is 164 Å². The number of rotatable bonds is 5. The second-order valence-corrected chi connectivity index (χ2v) is 9.68. The van der Waals surface area contributed by atoms with Crippen LogP contribution in [0.5, 0.6) is 5.75 Å². The average molecular weight is 410 g/mol. The van der Waals surface area contributed by atoms with Gasteiger partial charge in [0, 0.05) is 24.1 Å². The highest BCUT2D eigenvalue weighted by Gasteiger charge is 2.29. The van der Waals surface area contributed by atoms with Crippen molar-refractivity contribution in [2.45, 2.75) is 30.4 Å². The van der Waals surface area contributed by atoms with Crippen LogP contribution in [-0.4, -0.2) is 38.2 Å². The summed E-state index contributed by atoms with van der Waals surface area (Å²) in [6.45, 7) is 5.00. The number of hydrogen-bond acceptors (Lipinski definition) is 4. The van der Waals surface area contributed by atoms with Crippen molar-refractivity contribution in [3.63, 3.8) is 0 Å². The molecular weight excluding hydrogens is 385 g/mol. The second-order valence-electron chi connectivity index (χ2n) is 6.43. The highest BCUT2D eigenvalue weighted by molar-refractivity contribution is 7.99. The third-order valence-electron chi connectivity index (χ3n) is 4.68. The van der Waals surface area contributed by atoms with Gasteiger partial charge in [-0.3, -0.25) is 0 Å². The lowest BCUT2D eigenvalue weighted by molar-refractivity contribution is 0.321. The molecule has 146 valence electrons. The lowest BCUT2D eigenvalue weighted by Crippen LogP contribution is -2.33. The number of thioether (sulfide) groups is 1. The molecule has 4 nitrogen and oxygen atoms in total. The van der Waals surface area contributed by atoms with Crippen molar-refractivity contribution in [3.05, 3.63) is 59.4 Å². The third-order valence-corrected chi connectivity index (χ3v) is 7.88. The standard InChI is InChI=1S/C20H24FNO3S2/c1-3-25-19-9-8-16(14-18(19)21)27(23,24)22-11-10-20(26-13-12-22)17-7-5-4-6-15(17)2/h4-9,14,20H,3,10-13H2,1-2H3. The molecule has 2 aromatic carbocycles. The van der Waals surface area contributed by atoms with Gasteiger partial charge in [-0.2, -0.15) is 16.1 Å². The lowest BCUT2D eigenvalue weighted by Gasteiger charge is -2.20. The van der Waals surface area contributed by atoms with E-state index in [9.17, 15) is 12.8 Å². The summed E-state index contributed by atoms with van der Waals surface area (Å²) in [4.78, 5) is -0.0252. The van der Waals surface area contributed by atoms with Gasteiger partial charge in [0.2, 0.25) is 10.0 Å². The molecule has 0 N–H and O–H groups in total. The lowest BCUT2D eigenvalue weighted by atomic mass is 10.0. The Balaban J connectivity index is 1.78. The fourth-order valence-electron chi connectivity index (χ4n) is 3.25. The molecule has 1 atom stereocenters. The Morgan fingerprint density at radius 1 is 1.22 bits per heavy atom. The van der Waals surface area contributed by atoms with Gasteiger partial charge in [0.1, 0.15) is 0 Å². The SMILES string of the molecule is CCOc1ccc(S(=O)(=O)N2CCSC(c3ccccc3C)CC2)cc1F. The molecule has 0 bridgehead atoms. The highest BCUT2D eigenvalue weighted by atomic mass is 32.2. The van der Waals surface area contributed by atoms with Crippen LogP contribution in [0.3, 0.4) is 0 Å². The maximum absolute atomic E-state index is 14.1. The van der Waals surface area contributed by atoms with Gasteiger partial charge in [0.15, 0.2) is 11.6 Å². The van der Waals surface area contributed by atoms with E-state index in [4.69, 9.17) is 4.74 Å². The van der Waals surface area contributed by atoms with Gasteiger partial charge >= 0.3 is 0 Å². The van der Waals surface area contributed by atoms with Crippen molar-refractivity contribution >= 4 is 21.8 Å². The minimum Gasteiger partial charge on any atom is -0.491 e. The Morgan fingerprint density at radius 3 is 2.70 bits per heavy atom. The molecule has 27 heavy (non-hydrogen) atoms. The summed E-state index contributed by atoms with van der Waals surface area (Å²) >= 11 is 1.78. The van der Waals surface area contributed by atoms with Crippen LogP contribution in [0.1, 0.15) is 29.7 Å². The van der Waals surface area contributed by atoms with E-state index in [1.165, 1.54) is 27.6 Å². The van der Waals surface area contributed by atoms with E-state index in [1.807, 2.05) is 12.1 Å². The van der Waals surface area contributed by atoms with Crippen LogP contribution in [0, 0.1) is 12.7 Å². The zero-order valence-corrected chi connectivity index (χ0v) is 17.2. The summed E-state index contributed by atoms with van der Waals surface area (Å²) in [6, 6.07) is 12.1. The first kappa shape index (κ1) is 20.2. The van der Waals surface area contributed by atoms with E-state index in [-0.39, 0.29) is 15.9 Å². The molecule has 0 aromatic heterocycles. The highest BCUT2D eigenvalue weighted by Crippen LogP contribution is 2.37. The van der Waals surface area contributed by atoms with Gasteiger partial charge in [0.05, 0.1) is 11.5 Å². The zero-order valence-electron chi connectivity index (χ0n) is 15.5. The summed E-state index contributed by atoms with van der Waals surface area (Å²) in [6.07, 6.45) is 0.730. The normalized spacial score (nSPS) is 18.9. The fraction of sp³-hybridized carbons (Fsp3) is 0.400. The molecule has 1 aliphatic rings. The van der Waals surface area contributed by atoms with Crippen LogP contribution in [0.15, 0.2) is 47.4 Å². The van der Waals surface area contributed by atoms with E-state index in [0.29, 0.717) is 25.4 Å². The van der Waals surface area contributed by atoms with Crippen LogP contribution < -0.4 is 4.74 Å². The molecule has 0 spiro atoms. The maximum Gasteiger partial charge on any atom is 0.243 e. The van der Waals surface area contributed by atoms with Crippen molar-refractivity contribution in [1.82, 2.24) is 4.31 Å². The first-order valence-corrected chi connectivity index (χ1v) is 11.5. The van der Waals surface area contributed by atoms with Gasteiger partial charge < -0.3 is 4.74 Å². The number of hydrogen-bond donors (Lipinski definition) is 0. The monoisotopic (exact) mass is 409 g/mol.